The minimum atomic E-state index is -0.331. The van der Waals surface area contributed by atoms with E-state index in [2.05, 4.69) is 36.7 Å². The van der Waals surface area contributed by atoms with E-state index in [1.54, 1.807) is 6.07 Å². The Morgan fingerprint density at radius 2 is 2.00 bits per heavy atom. The second-order valence-corrected chi connectivity index (χ2v) is 7.76. The summed E-state index contributed by atoms with van der Waals surface area (Å²) in [5.41, 5.74) is 0.834. The quantitative estimate of drug-likeness (QED) is 0.703. The van der Waals surface area contributed by atoms with Gasteiger partial charge in [0.2, 0.25) is 0 Å². The van der Waals surface area contributed by atoms with Crippen molar-refractivity contribution in [3.05, 3.63) is 34.1 Å². The number of carbonyl (C=O) groups excluding carboxylic acids is 1. The lowest BCUT2D eigenvalue weighted by atomic mass is 9.77. The third-order valence-corrected chi connectivity index (χ3v) is 5.06. The van der Waals surface area contributed by atoms with Gasteiger partial charge in [-0.3, -0.25) is 4.79 Å². The van der Waals surface area contributed by atoms with Crippen LogP contribution < -0.4 is 0 Å². The fraction of sp³-hybridized carbons (Fsp3) is 0.588. The monoisotopic (exact) mass is 355 g/mol. The summed E-state index contributed by atoms with van der Waals surface area (Å²) in [4.78, 5) is 14.5. The van der Waals surface area contributed by atoms with Crippen LogP contribution in [0.5, 0.6) is 0 Å². The summed E-state index contributed by atoms with van der Waals surface area (Å²) in [5.74, 6) is 0.311. The molecule has 0 saturated carbocycles. The van der Waals surface area contributed by atoms with Crippen LogP contribution >= 0.6 is 15.9 Å². The second kappa shape index (κ2) is 6.47. The van der Waals surface area contributed by atoms with E-state index in [1.165, 1.54) is 12.1 Å². The third-order valence-electron chi connectivity index (χ3n) is 4.40. The highest BCUT2D eigenvalue weighted by Gasteiger charge is 2.29. The van der Waals surface area contributed by atoms with Gasteiger partial charge >= 0.3 is 0 Å². The van der Waals surface area contributed by atoms with Crippen LogP contribution in [0, 0.1) is 17.2 Å². The Hall–Kier alpha value is -0.900. The van der Waals surface area contributed by atoms with Gasteiger partial charge in [0.1, 0.15) is 5.82 Å². The molecule has 1 atom stereocenters. The van der Waals surface area contributed by atoms with Gasteiger partial charge in [-0.25, -0.2) is 4.39 Å². The molecule has 21 heavy (non-hydrogen) atoms. The van der Waals surface area contributed by atoms with Crippen LogP contribution in [-0.4, -0.2) is 23.9 Å². The minimum Gasteiger partial charge on any atom is -0.339 e. The minimum absolute atomic E-state index is 0.00330. The summed E-state index contributed by atoms with van der Waals surface area (Å²) in [6.45, 7) is 8.38. The van der Waals surface area contributed by atoms with Gasteiger partial charge < -0.3 is 4.90 Å². The summed E-state index contributed by atoms with van der Waals surface area (Å²) >= 11 is 3.29. The first-order valence-electron chi connectivity index (χ1n) is 7.53. The molecule has 2 rings (SSSR count). The Bertz CT molecular complexity index is 524. The molecular weight excluding hydrogens is 333 g/mol. The number of rotatable bonds is 1. The largest absolute Gasteiger partial charge is 0.339 e. The lowest BCUT2D eigenvalue weighted by Gasteiger charge is -2.29. The number of amides is 1. The van der Waals surface area contributed by atoms with E-state index >= 15 is 0 Å². The molecule has 1 heterocycles. The van der Waals surface area contributed by atoms with Crippen molar-refractivity contribution in [2.75, 3.05) is 13.1 Å². The highest BCUT2D eigenvalue weighted by molar-refractivity contribution is 9.10. The maximum absolute atomic E-state index is 13.1. The molecule has 0 aromatic heterocycles. The van der Waals surface area contributed by atoms with Gasteiger partial charge in [0, 0.05) is 17.6 Å². The van der Waals surface area contributed by atoms with Crippen LogP contribution in [0.4, 0.5) is 4.39 Å². The molecule has 1 amide bonds. The maximum Gasteiger partial charge on any atom is 0.255 e. The van der Waals surface area contributed by atoms with Gasteiger partial charge in [-0.2, -0.15) is 0 Å². The first-order valence-corrected chi connectivity index (χ1v) is 8.32. The van der Waals surface area contributed by atoms with Gasteiger partial charge in [0.15, 0.2) is 0 Å². The first-order chi connectivity index (χ1) is 9.79. The highest BCUT2D eigenvalue weighted by Crippen LogP contribution is 2.34. The van der Waals surface area contributed by atoms with Crippen LogP contribution in [0.25, 0.3) is 0 Å². The predicted octanol–water partition coefficient (Wildman–Crippen LogP) is 4.88. The molecule has 1 aromatic rings. The molecule has 1 unspecified atom stereocenters. The normalized spacial score (nSPS) is 20.2. The number of likely N-dealkylation sites (tertiary alicyclic amines) is 1. The maximum atomic E-state index is 13.1. The summed E-state index contributed by atoms with van der Waals surface area (Å²) in [5, 5.41) is 0. The molecule has 0 aliphatic carbocycles. The lowest BCUT2D eigenvalue weighted by Crippen LogP contribution is -2.32. The fourth-order valence-corrected chi connectivity index (χ4v) is 3.52. The summed E-state index contributed by atoms with van der Waals surface area (Å²) < 4.78 is 13.7. The van der Waals surface area contributed by atoms with Crippen molar-refractivity contribution in [3.63, 3.8) is 0 Å². The van der Waals surface area contributed by atoms with E-state index in [0.29, 0.717) is 16.0 Å². The average Bonchev–Trinajstić information content (AvgIpc) is 2.63. The molecule has 1 saturated heterocycles. The van der Waals surface area contributed by atoms with Crippen LogP contribution in [0.15, 0.2) is 22.7 Å². The Labute approximate surface area is 134 Å². The van der Waals surface area contributed by atoms with E-state index < -0.39 is 0 Å². The second-order valence-electron chi connectivity index (χ2n) is 6.91. The van der Waals surface area contributed by atoms with E-state index in [0.717, 1.165) is 32.4 Å². The SMILES string of the molecule is CC(C)(C)C1CCCN(C(=O)c2ccc(F)cc2Br)CC1. The summed E-state index contributed by atoms with van der Waals surface area (Å²) in [6.07, 6.45) is 3.23. The molecule has 116 valence electrons. The first kappa shape index (κ1) is 16.5. The van der Waals surface area contributed by atoms with E-state index in [9.17, 15) is 9.18 Å². The molecule has 1 fully saturated rings. The van der Waals surface area contributed by atoms with Crippen molar-refractivity contribution in [2.45, 2.75) is 40.0 Å². The van der Waals surface area contributed by atoms with Gasteiger partial charge in [-0.05, 0) is 64.7 Å². The van der Waals surface area contributed by atoms with Crippen LogP contribution in [-0.2, 0) is 0 Å². The Morgan fingerprint density at radius 3 is 2.62 bits per heavy atom. The van der Waals surface area contributed by atoms with Gasteiger partial charge in [-0.1, -0.05) is 20.8 Å². The summed E-state index contributed by atoms with van der Waals surface area (Å²) in [7, 11) is 0. The van der Waals surface area contributed by atoms with Gasteiger partial charge in [0.25, 0.3) is 5.91 Å². The number of hydrogen-bond donors (Lipinski definition) is 0. The van der Waals surface area contributed by atoms with Crippen molar-refractivity contribution in [1.29, 1.82) is 0 Å². The molecule has 2 nitrogen and oxygen atoms in total. The molecular formula is C17H23BrFNO. The molecule has 4 heteroatoms. The zero-order valence-electron chi connectivity index (χ0n) is 13.0. The van der Waals surface area contributed by atoms with E-state index in [-0.39, 0.29) is 17.1 Å². The number of benzene rings is 1. The van der Waals surface area contributed by atoms with Crippen LogP contribution in [0.2, 0.25) is 0 Å². The Balaban J connectivity index is 2.10. The number of nitrogens with zero attached hydrogens (tertiary/aromatic N) is 1. The number of hydrogen-bond acceptors (Lipinski definition) is 1. The van der Waals surface area contributed by atoms with E-state index in [4.69, 9.17) is 0 Å². The van der Waals surface area contributed by atoms with Crippen molar-refractivity contribution >= 4 is 21.8 Å². The molecule has 0 N–H and O–H groups in total. The van der Waals surface area contributed by atoms with Crippen molar-refractivity contribution < 1.29 is 9.18 Å². The van der Waals surface area contributed by atoms with Crippen molar-refractivity contribution in [2.24, 2.45) is 11.3 Å². The Morgan fingerprint density at radius 1 is 1.29 bits per heavy atom. The van der Waals surface area contributed by atoms with Gasteiger partial charge in [0.05, 0.1) is 5.56 Å². The topological polar surface area (TPSA) is 20.3 Å². The zero-order valence-corrected chi connectivity index (χ0v) is 14.5. The predicted molar refractivity (Wildman–Crippen MR) is 86.8 cm³/mol. The number of carbonyl (C=O) groups is 1. The summed E-state index contributed by atoms with van der Waals surface area (Å²) in [6, 6.07) is 4.25. The zero-order chi connectivity index (χ0) is 15.6. The van der Waals surface area contributed by atoms with Crippen LogP contribution in [0.3, 0.4) is 0 Å². The molecule has 0 spiro atoms. The van der Waals surface area contributed by atoms with Crippen molar-refractivity contribution in [1.82, 2.24) is 4.90 Å². The fourth-order valence-electron chi connectivity index (χ4n) is 3.00. The van der Waals surface area contributed by atoms with Gasteiger partial charge in [-0.15, -0.1) is 0 Å². The molecule has 1 aromatic carbocycles. The Kier molecular flexibility index (Phi) is 5.07. The number of halogens is 2. The third kappa shape index (κ3) is 4.06. The molecule has 0 bridgehead atoms. The van der Waals surface area contributed by atoms with Crippen molar-refractivity contribution in [3.8, 4) is 0 Å². The lowest BCUT2D eigenvalue weighted by molar-refractivity contribution is 0.0754. The van der Waals surface area contributed by atoms with Crippen LogP contribution in [0.1, 0.15) is 50.4 Å². The molecule has 0 radical (unpaired) electrons. The molecule has 1 aliphatic heterocycles. The molecule has 1 aliphatic rings. The highest BCUT2D eigenvalue weighted by atomic mass is 79.9. The standard InChI is InChI=1S/C17H23BrFNO/c1-17(2,3)12-5-4-9-20(10-8-12)16(21)14-7-6-13(19)11-15(14)18/h6-7,11-12H,4-5,8-10H2,1-3H3. The van der Waals surface area contributed by atoms with E-state index in [1.807, 2.05) is 4.90 Å². The average molecular weight is 356 g/mol. The smallest absolute Gasteiger partial charge is 0.255 e.